The molecule has 100 valence electrons. The largest absolute Gasteiger partial charge is 0.322 e. The molecule has 0 spiro atoms. The number of amides is 1. The minimum atomic E-state index is -0.898. The van der Waals surface area contributed by atoms with Crippen LogP contribution in [0.5, 0.6) is 0 Å². The average Bonchev–Trinajstić information content (AvgIpc) is 2.85. The molecule has 0 unspecified atom stereocenters. The van der Waals surface area contributed by atoms with Crippen LogP contribution < -0.4 is 5.32 Å². The lowest BCUT2D eigenvalue weighted by Crippen LogP contribution is -2.13. The summed E-state index contributed by atoms with van der Waals surface area (Å²) in [6, 6.07) is 7.95. The van der Waals surface area contributed by atoms with Gasteiger partial charge < -0.3 is 5.32 Å². The Bertz CT molecular complexity index is 798. The van der Waals surface area contributed by atoms with E-state index in [0.717, 1.165) is 23.0 Å². The van der Waals surface area contributed by atoms with Crippen LogP contribution in [-0.2, 0) is 0 Å². The van der Waals surface area contributed by atoms with Gasteiger partial charge in [-0.3, -0.25) is 9.89 Å². The molecule has 0 fully saturated rings. The van der Waals surface area contributed by atoms with E-state index in [4.69, 9.17) is 0 Å². The second-order valence-corrected chi connectivity index (χ2v) is 4.25. The third-order valence-electron chi connectivity index (χ3n) is 2.88. The van der Waals surface area contributed by atoms with E-state index in [0.29, 0.717) is 11.8 Å². The number of nitrogens with one attached hydrogen (secondary N) is 2. The quantitative estimate of drug-likeness (QED) is 0.753. The van der Waals surface area contributed by atoms with Gasteiger partial charge in [0.25, 0.3) is 5.91 Å². The zero-order valence-electron chi connectivity index (χ0n) is 10.2. The highest BCUT2D eigenvalue weighted by atomic mass is 19.1. The van der Waals surface area contributed by atoms with Crippen molar-refractivity contribution in [2.45, 2.75) is 0 Å². The molecule has 0 saturated heterocycles. The Morgan fingerprint density at radius 1 is 1.15 bits per heavy atom. The van der Waals surface area contributed by atoms with Crippen LogP contribution in [0.15, 0.2) is 42.6 Å². The summed E-state index contributed by atoms with van der Waals surface area (Å²) in [4.78, 5) is 11.9. The fourth-order valence-electron chi connectivity index (χ4n) is 1.89. The number of hydrogen-bond acceptors (Lipinski definition) is 2. The zero-order valence-corrected chi connectivity index (χ0v) is 10.2. The molecule has 2 aromatic carbocycles. The van der Waals surface area contributed by atoms with E-state index >= 15 is 0 Å². The van der Waals surface area contributed by atoms with E-state index in [-0.39, 0.29) is 5.56 Å². The molecular formula is C14H9F2N3O. The van der Waals surface area contributed by atoms with Crippen molar-refractivity contribution in [3.05, 3.63) is 59.8 Å². The van der Waals surface area contributed by atoms with Gasteiger partial charge in [0.15, 0.2) is 0 Å². The molecule has 6 heteroatoms. The maximum Gasteiger partial charge on any atom is 0.258 e. The van der Waals surface area contributed by atoms with Crippen LogP contribution in [0.2, 0.25) is 0 Å². The number of halogens is 2. The third-order valence-corrected chi connectivity index (χ3v) is 2.88. The van der Waals surface area contributed by atoms with E-state index in [1.54, 1.807) is 24.4 Å². The SMILES string of the molecule is O=C(Nc1ccc2cn[nH]c2c1)c1ccc(F)cc1F. The molecule has 0 atom stereocenters. The molecule has 0 saturated carbocycles. The summed E-state index contributed by atoms with van der Waals surface area (Å²) in [6.45, 7) is 0. The normalized spacial score (nSPS) is 10.7. The fraction of sp³-hybridized carbons (Fsp3) is 0. The Kier molecular flexibility index (Phi) is 2.90. The predicted molar refractivity (Wildman–Crippen MR) is 70.4 cm³/mol. The predicted octanol–water partition coefficient (Wildman–Crippen LogP) is 3.09. The monoisotopic (exact) mass is 273 g/mol. The minimum absolute atomic E-state index is 0.212. The van der Waals surface area contributed by atoms with Crippen LogP contribution in [0, 0.1) is 11.6 Å². The maximum atomic E-state index is 13.5. The number of carbonyl (C=O) groups excluding carboxylic acids is 1. The van der Waals surface area contributed by atoms with Crippen LogP contribution >= 0.6 is 0 Å². The second kappa shape index (κ2) is 4.73. The van der Waals surface area contributed by atoms with Gasteiger partial charge in [0.2, 0.25) is 0 Å². The van der Waals surface area contributed by atoms with Gasteiger partial charge in [-0.15, -0.1) is 0 Å². The van der Waals surface area contributed by atoms with Crippen molar-refractivity contribution in [2.24, 2.45) is 0 Å². The van der Waals surface area contributed by atoms with Crippen molar-refractivity contribution < 1.29 is 13.6 Å². The number of anilines is 1. The van der Waals surface area contributed by atoms with Crippen molar-refractivity contribution in [2.75, 3.05) is 5.32 Å². The molecule has 0 aliphatic carbocycles. The van der Waals surface area contributed by atoms with Gasteiger partial charge in [-0.2, -0.15) is 5.10 Å². The third kappa shape index (κ3) is 2.23. The molecule has 2 N–H and O–H groups in total. The highest BCUT2D eigenvalue weighted by Gasteiger charge is 2.12. The maximum absolute atomic E-state index is 13.5. The first-order valence-corrected chi connectivity index (χ1v) is 5.83. The average molecular weight is 273 g/mol. The summed E-state index contributed by atoms with van der Waals surface area (Å²) >= 11 is 0. The van der Waals surface area contributed by atoms with Crippen molar-refractivity contribution in [1.29, 1.82) is 0 Å². The first kappa shape index (κ1) is 12.3. The van der Waals surface area contributed by atoms with Gasteiger partial charge in [0.1, 0.15) is 11.6 Å². The summed E-state index contributed by atoms with van der Waals surface area (Å²) in [5.74, 6) is -2.26. The zero-order chi connectivity index (χ0) is 14.1. The molecule has 3 aromatic rings. The van der Waals surface area contributed by atoms with Gasteiger partial charge in [-0.1, -0.05) is 0 Å². The Balaban J connectivity index is 1.87. The van der Waals surface area contributed by atoms with Crippen LogP contribution in [0.1, 0.15) is 10.4 Å². The van der Waals surface area contributed by atoms with Crippen LogP contribution in [-0.4, -0.2) is 16.1 Å². The molecule has 3 rings (SSSR count). The smallest absolute Gasteiger partial charge is 0.258 e. The van der Waals surface area contributed by atoms with E-state index in [9.17, 15) is 13.6 Å². The molecule has 1 heterocycles. The number of aromatic nitrogens is 2. The number of aromatic amines is 1. The van der Waals surface area contributed by atoms with E-state index in [2.05, 4.69) is 15.5 Å². The number of benzene rings is 2. The molecule has 1 aromatic heterocycles. The number of fused-ring (bicyclic) bond motifs is 1. The summed E-state index contributed by atoms with van der Waals surface area (Å²) in [7, 11) is 0. The molecule has 0 bridgehead atoms. The summed E-state index contributed by atoms with van der Waals surface area (Å²) < 4.78 is 26.3. The number of H-pyrrole nitrogens is 1. The van der Waals surface area contributed by atoms with E-state index in [1.807, 2.05) is 0 Å². The first-order valence-electron chi connectivity index (χ1n) is 5.83. The second-order valence-electron chi connectivity index (χ2n) is 4.25. The topological polar surface area (TPSA) is 57.8 Å². The van der Waals surface area contributed by atoms with Crippen LogP contribution in [0.25, 0.3) is 10.9 Å². The number of carbonyl (C=O) groups is 1. The lowest BCUT2D eigenvalue weighted by atomic mass is 10.2. The number of rotatable bonds is 2. The van der Waals surface area contributed by atoms with Crippen molar-refractivity contribution in [3.63, 3.8) is 0 Å². The molecule has 0 aliphatic heterocycles. The minimum Gasteiger partial charge on any atom is -0.322 e. The molecule has 4 nitrogen and oxygen atoms in total. The van der Waals surface area contributed by atoms with E-state index < -0.39 is 17.5 Å². The number of hydrogen-bond donors (Lipinski definition) is 2. The van der Waals surface area contributed by atoms with Gasteiger partial charge in [-0.05, 0) is 30.3 Å². The Morgan fingerprint density at radius 2 is 2.00 bits per heavy atom. The van der Waals surface area contributed by atoms with Gasteiger partial charge in [0, 0.05) is 17.1 Å². The summed E-state index contributed by atoms with van der Waals surface area (Å²) in [5, 5.41) is 10.1. The van der Waals surface area contributed by atoms with Crippen molar-refractivity contribution in [3.8, 4) is 0 Å². The molecule has 1 amide bonds. The van der Waals surface area contributed by atoms with Gasteiger partial charge >= 0.3 is 0 Å². The van der Waals surface area contributed by atoms with Crippen molar-refractivity contribution >= 4 is 22.5 Å². The fourth-order valence-corrected chi connectivity index (χ4v) is 1.89. The highest BCUT2D eigenvalue weighted by molar-refractivity contribution is 6.05. The van der Waals surface area contributed by atoms with Gasteiger partial charge in [0.05, 0.1) is 17.3 Å². The first-order chi connectivity index (χ1) is 9.63. The summed E-state index contributed by atoms with van der Waals surface area (Å²) in [6.07, 6.45) is 1.65. The molecule has 0 aliphatic rings. The lowest BCUT2D eigenvalue weighted by Gasteiger charge is -2.06. The molecule has 0 radical (unpaired) electrons. The Morgan fingerprint density at radius 3 is 2.80 bits per heavy atom. The van der Waals surface area contributed by atoms with Crippen LogP contribution in [0.4, 0.5) is 14.5 Å². The van der Waals surface area contributed by atoms with E-state index in [1.165, 1.54) is 0 Å². The Hall–Kier alpha value is -2.76. The number of nitrogens with zero attached hydrogens (tertiary/aromatic N) is 1. The van der Waals surface area contributed by atoms with Gasteiger partial charge in [-0.25, -0.2) is 8.78 Å². The highest BCUT2D eigenvalue weighted by Crippen LogP contribution is 2.18. The summed E-state index contributed by atoms with van der Waals surface area (Å²) in [5.41, 5.74) is 1.04. The Labute approximate surface area is 112 Å². The lowest BCUT2D eigenvalue weighted by molar-refractivity contribution is 0.102. The standard InChI is InChI=1S/C14H9F2N3O/c15-9-2-4-11(12(16)5-9)14(20)18-10-3-1-8-7-17-19-13(8)6-10/h1-7H,(H,17,19)(H,18,20). The molecular weight excluding hydrogens is 264 g/mol. The molecule has 20 heavy (non-hydrogen) atoms. The van der Waals surface area contributed by atoms with Crippen molar-refractivity contribution in [1.82, 2.24) is 10.2 Å². The van der Waals surface area contributed by atoms with Crippen LogP contribution in [0.3, 0.4) is 0 Å².